The molecule has 0 fully saturated rings. The van der Waals surface area contributed by atoms with Crippen LogP contribution in [0, 0.1) is 0 Å². The predicted molar refractivity (Wildman–Crippen MR) is 89.7 cm³/mol. The zero-order chi connectivity index (χ0) is 16.7. The number of nitrogens with one attached hydrogen (secondary N) is 2. The summed E-state index contributed by atoms with van der Waals surface area (Å²) in [6, 6.07) is 8.52. The minimum Gasteiger partial charge on any atom is -0.354 e. The van der Waals surface area contributed by atoms with E-state index in [0.717, 1.165) is 5.56 Å². The number of pyridine rings is 1. The molecule has 1 aromatic heterocycles. The van der Waals surface area contributed by atoms with Gasteiger partial charge in [0.05, 0.1) is 12.1 Å². The van der Waals surface area contributed by atoms with Gasteiger partial charge < -0.3 is 10.6 Å². The average Bonchev–Trinajstić information content (AvgIpc) is 2.55. The van der Waals surface area contributed by atoms with E-state index >= 15 is 0 Å². The summed E-state index contributed by atoms with van der Waals surface area (Å²) in [5, 5.41) is 6.39. The smallest absolute Gasteiger partial charge is 0.253 e. The van der Waals surface area contributed by atoms with E-state index in [0.29, 0.717) is 28.6 Å². The molecule has 2 aromatic rings. The maximum absolute atomic E-state index is 11.8. The Morgan fingerprint density at radius 3 is 2.65 bits per heavy atom. The van der Waals surface area contributed by atoms with Crippen molar-refractivity contribution < 1.29 is 9.59 Å². The molecule has 0 aliphatic carbocycles. The zero-order valence-corrected chi connectivity index (χ0v) is 13.7. The van der Waals surface area contributed by atoms with E-state index in [4.69, 9.17) is 23.2 Å². The molecule has 120 valence electrons. The van der Waals surface area contributed by atoms with Crippen LogP contribution in [0.25, 0.3) is 0 Å². The van der Waals surface area contributed by atoms with Crippen LogP contribution in [0.4, 0.5) is 0 Å². The maximum Gasteiger partial charge on any atom is 0.253 e. The highest BCUT2D eigenvalue weighted by molar-refractivity contribution is 6.35. The molecule has 2 N–H and O–H groups in total. The third-order valence-corrected chi connectivity index (χ3v) is 3.65. The number of amides is 2. The summed E-state index contributed by atoms with van der Waals surface area (Å²) in [4.78, 5) is 27.3. The van der Waals surface area contributed by atoms with Crippen LogP contribution in [0.3, 0.4) is 0 Å². The average molecular weight is 352 g/mol. The van der Waals surface area contributed by atoms with Crippen LogP contribution in [0.2, 0.25) is 10.0 Å². The molecule has 0 atom stereocenters. The Morgan fingerprint density at radius 1 is 1.13 bits per heavy atom. The minimum atomic E-state index is -0.339. The first kappa shape index (κ1) is 17.2. The van der Waals surface area contributed by atoms with E-state index in [1.165, 1.54) is 6.20 Å². The van der Waals surface area contributed by atoms with Gasteiger partial charge in [-0.3, -0.25) is 14.6 Å². The largest absolute Gasteiger partial charge is 0.354 e. The molecule has 1 aromatic carbocycles. The predicted octanol–water partition coefficient (Wildman–Crippen LogP) is 2.48. The highest BCUT2D eigenvalue weighted by Gasteiger charge is 2.08. The van der Waals surface area contributed by atoms with Crippen molar-refractivity contribution >= 4 is 35.0 Å². The summed E-state index contributed by atoms with van der Waals surface area (Å²) in [7, 11) is 0. The first-order valence-electron chi connectivity index (χ1n) is 6.95. The van der Waals surface area contributed by atoms with Gasteiger partial charge in [-0.1, -0.05) is 29.3 Å². The van der Waals surface area contributed by atoms with Gasteiger partial charge in [-0.25, -0.2) is 0 Å². The van der Waals surface area contributed by atoms with Gasteiger partial charge in [0.2, 0.25) is 5.91 Å². The molecule has 0 unspecified atom stereocenters. The fourth-order valence-corrected chi connectivity index (χ4v) is 2.39. The first-order valence-corrected chi connectivity index (χ1v) is 7.70. The van der Waals surface area contributed by atoms with Crippen molar-refractivity contribution in [2.24, 2.45) is 0 Å². The topological polar surface area (TPSA) is 71.1 Å². The van der Waals surface area contributed by atoms with E-state index in [9.17, 15) is 9.59 Å². The molecule has 0 spiro atoms. The lowest BCUT2D eigenvalue weighted by Crippen LogP contribution is -2.37. The van der Waals surface area contributed by atoms with E-state index in [1.54, 1.807) is 30.5 Å². The summed E-state index contributed by atoms with van der Waals surface area (Å²) in [6.45, 7) is 0.324. The first-order chi connectivity index (χ1) is 11.1. The lowest BCUT2D eigenvalue weighted by Gasteiger charge is -2.08. The third-order valence-electron chi connectivity index (χ3n) is 3.06. The lowest BCUT2D eigenvalue weighted by atomic mass is 10.1. The van der Waals surface area contributed by atoms with Gasteiger partial charge in [-0.2, -0.15) is 0 Å². The number of benzene rings is 1. The van der Waals surface area contributed by atoms with Crippen LogP contribution >= 0.6 is 23.2 Å². The second kappa shape index (κ2) is 8.50. The fraction of sp³-hybridized carbons (Fsp3) is 0.188. The zero-order valence-electron chi connectivity index (χ0n) is 12.2. The van der Waals surface area contributed by atoms with E-state index in [2.05, 4.69) is 15.6 Å². The molecule has 2 amide bonds. The Bertz CT molecular complexity index is 693. The van der Waals surface area contributed by atoms with Gasteiger partial charge in [0.1, 0.15) is 0 Å². The number of aromatic nitrogens is 1. The van der Waals surface area contributed by atoms with Crippen LogP contribution in [-0.2, 0) is 11.2 Å². The van der Waals surface area contributed by atoms with E-state index in [1.807, 2.05) is 6.07 Å². The van der Waals surface area contributed by atoms with Crippen molar-refractivity contribution in [2.75, 3.05) is 13.1 Å². The van der Waals surface area contributed by atoms with Crippen molar-refractivity contribution in [2.45, 2.75) is 6.42 Å². The second-order valence-electron chi connectivity index (χ2n) is 4.76. The monoisotopic (exact) mass is 351 g/mol. The number of halogens is 2. The van der Waals surface area contributed by atoms with Crippen LogP contribution in [0.5, 0.6) is 0 Å². The maximum atomic E-state index is 11.8. The van der Waals surface area contributed by atoms with Gasteiger partial charge in [0.15, 0.2) is 0 Å². The standard InChI is InChI=1S/C16H15Cl2N3O2/c17-13-4-3-11(14(18)8-13)5-7-20-15(22)10-21-16(23)12-2-1-6-19-9-12/h1-4,6,8-9H,5,7,10H2,(H,20,22)(H,21,23). The summed E-state index contributed by atoms with van der Waals surface area (Å²) in [5.74, 6) is -0.610. The molecule has 23 heavy (non-hydrogen) atoms. The number of carbonyl (C=O) groups is 2. The van der Waals surface area contributed by atoms with Crippen molar-refractivity contribution in [3.8, 4) is 0 Å². The number of hydrogen-bond acceptors (Lipinski definition) is 3. The lowest BCUT2D eigenvalue weighted by molar-refractivity contribution is -0.120. The minimum absolute atomic E-state index is 0.0952. The van der Waals surface area contributed by atoms with Gasteiger partial charge in [-0.05, 0) is 36.2 Å². The molecule has 0 aliphatic heterocycles. The molecular formula is C16H15Cl2N3O2. The quantitative estimate of drug-likeness (QED) is 0.839. The Morgan fingerprint density at radius 2 is 1.96 bits per heavy atom. The molecule has 0 bridgehead atoms. The SMILES string of the molecule is O=C(CNC(=O)c1cccnc1)NCCc1ccc(Cl)cc1Cl. The normalized spacial score (nSPS) is 10.2. The summed E-state index contributed by atoms with van der Waals surface area (Å²) in [6.07, 6.45) is 3.60. The van der Waals surface area contributed by atoms with Crippen molar-refractivity contribution in [3.63, 3.8) is 0 Å². The molecule has 0 aliphatic rings. The van der Waals surface area contributed by atoms with E-state index in [-0.39, 0.29) is 18.4 Å². The van der Waals surface area contributed by atoms with Gasteiger partial charge >= 0.3 is 0 Å². The number of rotatable bonds is 6. The number of carbonyl (C=O) groups excluding carboxylic acids is 2. The third kappa shape index (κ3) is 5.54. The fourth-order valence-electron chi connectivity index (χ4n) is 1.88. The van der Waals surface area contributed by atoms with Crippen molar-refractivity contribution in [3.05, 3.63) is 63.9 Å². The molecule has 5 nitrogen and oxygen atoms in total. The molecule has 0 saturated heterocycles. The van der Waals surface area contributed by atoms with Gasteiger partial charge in [-0.15, -0.1) is 0 Å². The molecule has 0 radical (unpaired) electrons. The molecule has 1 heterocycles. The van der Waals surface area contributed by atoms with Crippen LogP contribution in [-0.4, -0.2) is 29.9 Å². The van der Waals surface area contributed by atoms with Crippen LogP contribution in [0.1, 0.15) is 15.9 Å². The highest BCUT2D eigenvalue weighted by Crippen LogP contribution is 2.20. The van der Waals surface area contributed by atoms with Crippen molar-refractivity contribution in [1.29, 1.82) is 0 Å². The Labute approximate surface area is 144 Å². The number of hydrogen-bond donors (Lipinski definition) is 2. The number of nitrogens with zero attached hydrogens (tertiary/aromatic N) is 1. The molecule has 7 heteroatoms. The van der Waals surface area contributed by atoms with Crippen LogP contribution in [0.15, 0.2) is 42.7 Å². The molecular weight excluding hydrogens is 337 g/mol. The summed E-state index contributed by atoms with van der Waals surface area (Å²) < 4.78 is 0. The highest BCUT2D eigenvalue weighted by atomic mass is 35.5. The van der Waals surface area contributed by atoms with E-state index < -0.39 is 0 Å². The summed E-state index contributed by atoms with van der Waals surface area (Å²) >= 11 is 11.9. The van der Waals surface area contributed by atoms with Crippen LogP contribution < -0.4 is 10.6 Å². The second-order valence-corrected chi connectivity index (χ2v) is 5.60. The van der Waals surface area contributed by atoms with Gasteiger partial charge in [0, 0.05) is 29.0 Å². The molecule has 0 saturated carbocycles. The van der Waals surface area contributed by atoms with Gasteiger partial charge in [0.25, 0.3) is 5.91 Å². The van der Waals surface area contributed by atoms with Crippen molar-refractivity contribution in [1.82, 2.24) is 15.6 Å². The molecule has 2 rings (SSSR count). The Hall–Kier alpha value is -2.11. The Kier molecular flexibility index (Phi) is 6.38. The Balaban J connectivity index is 1.72. The summed E-state index contributed by atoms with van der Waals surface area (Å²) in [5.41, 5.74) is 1.31.